The van der Waals surface area contributed by atoms with E-state index in [0.29, 0.717) is 10.0 Å². The SMILES string of the molecule is CCc1cccc(NC(=O)c2ccc(Br)c(O)c2)c1. The van der Waals surface area contributed by atoms with Gasteiger partial charge in [0, 0.05) is 11.3 Å². The molecule has 3 nitrogen and oxygen atoms in total. The number of halogens is 1. The zero-order chi connectivity index (χ0) is 13.8. The summed E-state index contributed by atoms with van der Waals surface area (Å²) in [4.78, 5) is 12.0. The van der Waals surface area contributed by atoms with Crippen LogP contribution in [0.2, 0.25) is 0 Å². The van der Waals surface area contributed by atoms with Crippen molar-refractivity contribution in [1.29, 1.82) is 0 Å². The molecule has 2 rings (SSSR count). The zero-order valence-corrected chi connectivity index (χ0v) is 12.1. The van der Waals surface area contributed by atoms with Crippen LogP contribution in [0.4, 0.5) is 5.69 Å². The van der Waals surface area contributed by atoms with Gasteiger partial charge in [-0.2, -0.15) is 0 Å². The molecule has 0 saturated carbocycles. The minimum Gasteiger partial charge on any atom is -0.507 e. The van der Waals surface area contributed by atoms with Crippen molar-refractivity contribution in [3.63, 3.8) is 0 Å². The number of aryl methyl sites for hydroxylation is 1. The molecule has 0 fully saturated rings. The number of hydrogen-bond donors (Lipinski definition) is 2. The molecule has 2 N–H and O–H groups in total. The van der Waals surface area contributed by atoms with Gasteiger partial charge < -0.3 is 10.4 Å². The van der Waals surface area contributed by atoms with E-state index in [1.807, 2.05) is 24.3 Å². The molecule has 0 atom stereocenters. The quantitative estimate of drug-likeness (QED) is 0.899. The first-order valence-corrected chi connectivity index (χ1v) is 6.78. The van der Waals surface area contributed by atoms with Crippen LogP contribution in [0, 0.1) is 0 Å². The van der Waals surface area contributed by atoms with Gasteiger partial charge in [-0.1, -0.05) is 19.1 Å². The fourth-order valence-corrected chi connectivity index (χ4v) is 1.97. The van der Waals surface area contributed by atoms with Gasteiger partial charge in [0.1, 0.15) is 5.75 Å². The largest absolute Gasteiger partial charge is 0.507 e. The van der Waals surface area contributed by atoms with Gasteiger partial charge in [0.05, 0.1) is 4.47 Å². The lowest BCUT2D eigenvalue weighted by molar-refractivity contribution is 0.102. The van der Waals surface area contributed by atoms with Crippen molar-refractivity contribution < 1.29 is 9.90 Å². The molecule has 2 aromatic rings. The number of phenols is 1. The van der Waals surface area contributed by atoms with E-state index < -0.39 is 0 Å². The van der Waals surface area contributed by atoms with Crippen LogP contribution in [0.5, 0.6) is 5.75 Å². The van der Waals surface area contributed by atoms with Gasteiger partial charge >= 0.3 is 0 Å². The average Bonchev–Trinajstić information content (AvgIpc) is 2.42. The Morgan fingerprint density at radius 2 is 2.05 bits per heavy atom. The van der Waals surface area contributed by atoms with Crippen molar-refractivity contribution in [2.75, 3.05) is 5.32 Å². The highest BCUT2D eigenvalue weighted by Gasteiger charge is 2.08. The van der Waals surface area contributed by atoms with E-state index in [4.69, 9.17) is 0 Å². The molecule has 0 aromatic heterocycles. The van der Waals surface area contributed by atoms with Gasteiger partial charge in [-0.15, -0.1) is 0 Å². The lowest BCUT2D eigenvalue weighted by atomic mass is 10.1. The van der Waals surface area contributed by atoms with E-state index >= 15 is 0 Å². The summed E-state index contributed by atoms with van der Waals surface area (Å²) in [5.41, 5.74) is 2.34. The fraction of sp³-hybridized carbons (Fsp3) is 0.133. The van der Waals surface area contributed by atoms with E-state index in [0.717, 1.165) is 17.7 Å². The number of nitrogens with one attached hydrogen (secondary N) is 1. The first-order valence-electron chi connectivity index (χ1n) is 5.99. The lowest BCUT2D eigenvalue weighted by Gasteiger charge is -2.07. The van der Waals surface area contributed by atoms with Gasteiger partial charge in [0.15, 0.2) is 0 Å². The smallest absolute Gasteiger partial charge is 0.255 e. The first-order chi connectivity index (χ1) is 9.10. The highest BCUT2D eigenvalue weighted by Crippen LogP contribution is 2.24. The van der Waals surface area contributed by atoms with Crippen molar-refractivity contribution in [3.8, 4) is 5.75 Å². The van der Waals surface area contributed by atoms with Gasteiger partial charge in [-0.3, -0.25) is 4.79 Å². The summed E-state index contributed by atoms with van der Waals surface area (Å²) in [5.74, 6) is -0.189. The minimum atomic E-state index is -0.240. The molecule has 2 aromatic carbocycles. The maximum Gasteiger partial charge on any atom is 0.255 e. The summed E-state index contributed by atoms with van der Waals surface area (Å²) in [7, 11) is 0. The second-order valence-corrected chi connectivity index (χ2v) is 5.03. The van der Waals surface area contributed by atoms with Crippen LogP contribution in [0.25, 0.3) is 0 Å². The Bertz CT molecular complexity index is 611. The van der Waals surface area contributed by atoms with E-state index in [2.05, 4.69) is 28.2 Å². The molecular formula is C15H14BrNO2. The molecule has 0 saturated heterocycles. The van der Waals surface area contributed by atoms with Crippen molar-refractivity contribution in [1.82, 2.24) is 0 Å². The van der Waals surface area contributed by atoms with E-state index in [9.17, 15) is 9.90 Å². The zero-order valence-electron chi connectivity index (χ0n) is 10.5. The lowest BCUT2D eigenvalue weighted by Crippen LogP contribution is -2.11. The van der Waals surface area contributed by atoms with Gasteiger partial charge in [-0.05, 0) is 58.2 Å². The molecular weight excluding hydrogens is 306 g/mol. The minimum absolute atomic E-state index is 0.0509. The Labute approximate surface area is 120 Å². The number of anilines is 1. The van der Waals surface area contributed by atoms with Crippen LogP contribution in [0.15, 0.2) is 46.9 Å². The first kappa shape index (κ1) is 13.6. The van der Waals surface area contributed by atoms with E-state index in [-0.39, 0.29) is 11.7 Å². The number of phenolic OH excluding ortho intramolecular Hbond substituents is 1. The summed E-state index contributed by atoms with van der Waals surface area (Å²) in [5, 5.41) is 12.4. The highest BCUT2D eigenvalue weighted by atomic mass is 79.9. The maximum atomic E-state index is 12.0. The molecule has 0 spiro atoms. The van der Waals surface area contributed by atoms with E-state index in [1.165, 1.54) is 6.07 Å². The molecule has 98 valence electrons. The normalized spacial score (nSPS) is 10.2. The number of rotatable bonds is 3. The van der Waals surface area contributed by atoms with E-state index in [1.54, 1.807) is 12.1 Å². The van der Waals surface area contributed by atoms with Crippen molar-refractivity contribution >= 4 is 27.5 Å². The van der Waals surface area contributed by atoms with Crippen LogP contribution < -0.4 is 5.32 Å². The number of carbonyl (C=O) groups excluding carboxylic acids is 1. The molecule has 0 heterocycles. The molecule has 19 heavy (non-hydrogen) atoms. The Morgan fingerprint density at radius 3 is 2.74 bits per heavy atom. The van der Waals surface area contributed by atoms with Crippen LogP contribution in [0.3, 0.4) is 0 Å². The Morgan fingerprint density at radius 1 is 1.26 bits per heavy atom. The molecule has 0 unspecified atom stereocenters. The molecule has 0 aliphatic rings. The summed E-state index contributed by atoms with van der Waals surface area (Å²) in [6.45, 7) is 2.06. The predicted molar refractivity (Wildman–Crippen MR) is 79.6 cm³/mol. The number of carbonyl (C=O) groups is 1. The third kappa shape index (κ3) is 3.35. The fourth-order valence-electron chi connectivity index (χ4n) is 1.73. The molecule has 4 heteroatoms. The van der Waals surface area contributed by atoms with Gasteiger partial charge in [0.2, 0.25) is 0 Å². The number of hydrogen-bond acceptors (Lipinski definition) is 2. The summed E-state index contributed by atoms with van der Waals surface area (Å²) in [6, 6.07) is 12.4. The maximum absolute atomic E-state index is 12.0. The second kappa shape index (κ2) is 5.89. The molecule has 1 amide bonds. The van der Waals surface area contributed by atoms with Crippen LogP contribution in [0.1, 0.15) is 22.8 Å². The standard InChI is InChI=1S/C15H14BrNO2/c1-2-10-4-3-5-12(8-10)17-15(19)11-6-7-13(16)14(18)9-11/h3-9,18H,2H2,1H3,(H,17,19). The van der Waals surface area contributed by atoms with Gasteiger partial charge in [-0.25, -0.2) is 0 Å². The number of benzene rings is 2. The van der Waals surface area contributed by atoms with Crippen LogP contribution in [-0.2, 0) is 6.42 Å². The molecule has 0 aliphatic heterocycles. The highest BCUT2D eigenvalue weighted by molar-refractivity contribution is 9.10. The third-order valence-corrected chi connectivity index (χ3v) is 3.47. The second-order valence-electron chi connectivity index (χ2n) is 4.17. The summed E-state index contributed by atoms with van der Waals surface area (Å²) < 4.78 is 0.567. The molecule has 0 aliphatic carbocycles. The number of amides is 1. The summed E-state index contributed by atoms with van der Waals surface area (Å²) in [6.07, 6.45) is 0.919. The Kier molecular flexibility index (Phi) is 4.22. The van der Waals surface area contributed by atoms with Crippen molar-refractivity contribution in [2.24, 2.45) is 0 Å². The average molecular weight is 320 g/mol. The van der Waals surface area contributed by atoms with Crippen molar-refractivity contribution in [2.45, 2.75) is 13.3 Å². The van der Waals surface area contributed by atoms with Crippen molar-refractivity contribution in [3.05, 3.63) is 58.1 Å². The topological polar surface area (TPSA) is 49.3 Å². The predicted octanol–water partition coefficient (Wildman–Crippen LogP) is 3.97. The monoisotopic (exact) mass is 319 g/mol. The Balaban J connectivity index is 2.18. The Hall–Kier alpha value is -1.81. The molecule has 0 radical (unpaired) electrons. The van der Waals surface area contributed by atoms with Crippen LogP contribution in [-0.4, -0.2) is 11.0 Å². The van der Waals surface area contributed by atoms with Gasteiger partial charge in [0.25, 0.3) is 5.91 Å². The third-order valence-electron chi connectivity index (χ3n) is 2.80. The number of aromatic hydroxyl groups is 1. The van der Waals surface area contributed by atoms with Crippen LogP contribution >= 0.6 is 15.9 Å². The molecule has 0 bridgehead atoms. The summed E-state index contributed by atoms with van der Waals surface area (Å²) >= 11 is 3.18.